The second kappa shape index (κ2) is 6.16. The summed E-state index contributed by atoms with van der Waals surface area (Å²) >= 11 is 0. The summed E-state index contributed by atoms with van der Waals surface area (Å²) in [5, 5.41) is 7.46. The summed E-state index contributed by atoms with van der Waals surface area (Å²) in [5.41, 5.74) is 7.30. The molecule has 0 unspecified atom stereocenters. The van der Waals surface area contributed by atoms with Crippen molar-refractivity contribution in [2.75, 3.05) is 6.61 Å². The van der Waals surface area contributed by atoms with Gasteiger partial charge >= 0.3 is 0 Å². The fraction of sp³-hybridized carbons (Fsp3) is 0.462. The Balaban J connectivity index is 2.68. The first-order chi connectivity index (χ1) is 7.65. The molecule has 0 saturated carbocycles. The lowest BCUT2D eigenvalue weighted by molar-refractivity contribution is 0.305. The van der Waals surface area contributed by atoms with E-state index in [9.17, 15) is 0 Å². The second-order valence-electron chi connectivity index (χ2n) is 3.97. The molecule has 3 nitrogen and oxygen atoms in total. The highest BCUT2D eigenvalue weighted by molar-refractivity contribution is 5.97. The van der Waals surface area contributed by atoms with Crippen molar-refractivity contribution in [1.29, 1.82) is 5.41 Å². The van der Waals surface area contributed by atoms with Crippen LogP contribution in [0.15, 0.2) is 18.2 Å². The van der Waals surface area contributed by atoms with Gasteiger partial charge in [-0.05, 0) is 31.0 Å². The summed E-state index contributed by atoms with van der Waals surface area (Å²) < 4.78 is 5.66. The van der Waals surface area contributed by atoms with Gasteiger partial charge in [0.25, 0.3) is 0 Å². The summed E-state index contributed by atoms with van der Waals surface area (Å²) in [7, 11) is 0. The van der Waals surface area contributed by atoms with Crippen LogP contribution in [0.4, 0.5) is 0 Å². The number of nitrogens with two attached hydrogens (primary N) is 1. The van der Waals surface area contributed by atoms with Crippen molar-refractivity contribution in [3.8, 4) is 5.75 Å². The minimum atomic E-state index is 0.0606. The van der Waals surface area contributed by atoms with Crippen LogP contribution in [0.25, 0.3) is 0 Å². The van der Waals surface area contributed by atoms with E-state index in [2.05, 4.69) is 6.92 Å². The number of nitrogens with one attached hydrogen (secondary N) is 1. The molecule has 0 heterocycles. The molecule has 0 atom stereocenters. The summed E-state index contributed by atoms with van der Waals surface area (Å²) in [5.74, 6) is 0.786. The first-order valence-electron chi connectivity index (χ1n) is 5.73. The van der Waals surface area contributed by atoms with Crippen LogP contribution in [0.2, 0.25) is 0 Å². The Kier molecular flexibility index (Phi) is 4.83. The smallest absolute Gasteiger partial charge is 0.130 e. The van der Waals surface area contributed by atoms with E-state index in [0.717, 1.165) is 17.7 Å². The number of amidine groups is 1. The fourth-order valence-electron chi connectivity index (χ4n) is 1.51. The van der Waals surface area contributed by atoms with Crippen LogP contribution in [0.3, 0.4) is 0 Å². The standard InChI is InChI=1S/C13H20N2O/c1-3-4-5-8-16-12-9-10(2)6-7-11(12)13(14)15/h6-7,9H,3-5,8H2,1-2H3,(H3,14,15). The third-order valence-corrected chi connectivity index (χ3v) is 2.43. The summed E-state index contributed by atoms with van der Waals surface area (Å²) in [4.78, 5) is 0. The van der Waals surface area contributed by atoms with Gasteiger partial charge in [-0.1, -0.05) is 25.8 Å². The molecule has 0 bridgehead atoms. The van der Waals surface area contributed by atoms with E-state index in [1.54, 1.807) is 0 Å². The second-order valence-corrected chi connectivity index (χ2v) is 3.97. The van der Waals surface area contributed by atoms with Crippen molar-refractivity contribution in [1.82, 2.24) is 0 Å². The highest BCUT2D eigenvalue weighted by Gasteiger charge is 2.06. The number of nitrogen functional groups attached to an aromatic ring is 1. The highest BCUT2D eigenvalue weighted by atomic mass is 16.5. The Morgan fingerprint density at radius 3 is 2.75 bits per heavy atom. The predicted octanol–water partition coefficient (Wildman–Crippen LogP) is 2.85. The first kappa shape index (κ1) is 12.6. The molecule has 88 valence electrons. The van der Waals surface area contributed by atoms with Gasteiger partial charge in [-0.25, -0.2) is 0 Å². The van der Waals surface area contributed by atoms with E-state index in [-0.39, 0.29) is 5.84 Å². The third kappa shape index (κ3) is 3.57. The molecule has 1 aromatic carbocycles. The minimum absolute atomic E-state index is 0.0606. The third-order valence-electron chi connectivity index (χ3n) is 2.43. The Morgan fingerprint density at radius 1 is 1.38 bits per heavy atom. The lowest BCUT2D eigenvalue weighted by Crippen LogP contribution is -2.13. The molecule has 0 aliphatic rings. The molecule has 0 amide bonds. The Hall–Kier alpha value is -1.51. The van der Waals surface area contributed by atoms with Gasteiger partial charge in [0.1, 0.15) is 11.6 Å². The van der Waals surface area contributed by atoms with Crippen molar-refractivity contribution in [2.45, 2.75) is 33.1 Å². The quantitative estimate of drug-likeness (QED) is 0.440. The molecule has 0 aromatic heterocycles. The molecule has 0 spiro atoms. The van der Waals surface area contributed by atoms with Gasteiger partial charge in [0.2, 0.25) is 0 Å². The van der Waals surface area contributed by atoms with Crippen LogP contribution >= 0.6 is 0 Å². The summed E-state index contributed by atoms with van der Waals surface area (Å²) in [6, 6.07) is 5.71. The van der Waals surface area contributed by atoms with Crippen LogP contribution in [0, 0.1) is 12.3 Å². The van der Waals surface area contributed by atoms with Crippen molar-refractivity contribution in [2.24, 2.45) is 5.73 Å². The van der Waals surface area contributed by atoms with Crippen LogP contribution in [0.1, 0.15) is 37.3 Å². The van der Waals surface area contributed by atoms with Crippen LogP contribution < -0.4 is 10.5 Å². The number of hydrogen-bond acceptors (Lipinski definition) is 2. The van der Waals surface area contributed by atoms with Gasteiger partial charge in [-0.2, -0.15) is 0 Å². The van der Waals surface area contributed by atoms with Gasteiger partial charge in [-0.15, -0.1) is 0 Å². The van der Waals surface area contributed by atoms with Crippen LogP contribution in [-0.4, -0.2) is 12.4 Å². The average molecular weight is 220 g/mol. The molecule has 1 rings (SSSR count). The fourth-order valence-corrected chi connectivity index (χ4v) is 1.51. The molecule has 0 radical (unpaired) electrons. The van der Waals surface area contributed by atoms with Gasteiger partial charge < -0.3 is 10.5 Å². The Morgan fingerprint density at radius 2 is 2.12 bits per heavy atom. The summed E-state index contributed by atoms with van der Waals surface area (Å²) in [6.07, 6.45) is 3.39. The zero-order valence-electron chi connectivity index (χ0n) is 10.0. The molecule has 16 heavy (non-hydrogen) atoms. The van der Waals surface area contributed by atoms with Gasteiger partial charge in [0, 0.05) is 0 Å². The Bertz CT molecular complexity index is 361. The van der Waals surface area contributed by atoms with Crippen molar-refractivity contribution < 1.29 is 4.74 Å². The van der Waals surface area contributed by atoms with E-state index in [0.29, 0.717) is 12.2 Å². The van der Waals surface area contributed by atoms with E-state index in [4.69, 9.17) is 15.9 Å². The molecule has 0 aliphatic carbocycles. The van der Waals surface area contributed by atoms with E-state index >= 15 is 0 Å². The molecular weight excluding hydrogens is 200 g/mol. The SMILES string of the molecule is CCCCCOc1cc(C)ccc1C(=N)N. The number of aryl methyl sites for hydroxylation is 1. The monoisotopic (exact) mass is 220 g/mol. The molecule has 3 N–H and O–H groups in total. The Labute approximate surface area is 97.1 Å². The summed E-state index contributed by atoms with van der Waals surface area (Å²) in [6.45, 7) is 4.86. The number of ether oxygens (including phenoxy) is 1. The van der Waals surface area contributed by atoms with Crippen molar-refractivity contribution in [3.05, 3.63) is 29.3 Å². The maximum Gasteiger partial charge on any atom is 0.130 e. The molecule has 0 fully saturated rings. The van der Waals surface area contributed by atoms with E-state index < -0.39 is 0 Å². The van der Waals surface area contributed by atoms with Crippen LogP contribution in [-0.2, 0) is 0 Å². The maximum atomic E-state index is 7.46. The highest BCUT2D eigenvalue weighted by Crippen LogP contribution is 2.20. The normalized spacial score (nSPS) is 10.1. The molecule has 3 heteroatoms. The lowest BCUT2D eigenvalue weighted by atomic mass is 10.1. The van der Waals surface area contributed by atoms with Gasteiger partial charge in [0.15, 0.2) is 0 Å². The zero-order valence-corrected chi connectivity index (χ0v) is 10.0. The number of rotatable bonds is 6. The molecule has 1 aromatic rings. The average Bonchev–Trinajstić information content (AvgIpc) is 2.24. The van der Waals surface area contributed by atoms with E-state index in [1.165, 1.54) is 12.8 Å². The minimum Gasteiger partial charge on any atom is -0.493 e. The van der Waals surface area contributed by atoms with E-state index in [1.807, 2.05) is 25.1 Å². The van der Waals surface area contributed by atoms with Gasteiger partial charge in [0.05, 0.1) is 12.2 Å². The zero-order chi connectivity index (χ0) is 12.0. The molecule has 0 aliphatic heterocycles. The number of hydrogen-bond donors (Lipinski definition) is 2. The van der Waals surface area contributed by atoms with Crippen LogP contribution in [0.5, 0.6) is 5.75 Å². The largest absolute Gasteiger partial charge is 0.493 e. The van der Waals surface area contributed by atoms with Crippen molar-refractivity contribution >= 4 is 5.84 Å². The number of benzene rings is 1. The van der Waals surface area contributed by atoms with Crippen molar-refractivity contribution in [3.63, 3.8) is 0 Å². The molecular formula is C13H20N2O. The lowest BCUT2D eigenvalue weighted by Gasteiger charge is -2.11. The van der Waals surface area contributed by atoms with Gasteiger partial charge in [-0.3, -0.25) is 5.41 Å². The topological polar surface area (TPSA) is 59.1 Å². The molecule has 0 saturated heterocycles. The maximum absolute atomic E-state index is 7.46. The predicted molar refractivity (Wildman–Crippen MR) is 67.2 cm³/mol. The number of unbranched alkanes of at least 4 members (excludes halogenated alkanes) is 2. The first-order valence-corrected chi connectivity index (χ1v) is 5.73.